The molecule has 0 saturated carbocycles. The summed E-state index contributed by atoms with van der Waals surface area (Å²) in [6.45, 7) is 3.06. The van der Waals surface area contributed by atoms with E-state index in [-0.39, 0.29) is 10.6 Å². The zero-order chi connectivity index (χ0) is 24.0. The largest absolute Gasteiger partial charge is 0.322 e. The number of unbranched alkanes of at least 4 members (excludes halogenated alkanes) is 13. The maximum atomic E-state index is 11.3. The highest BCUT2D eigenvalue weighted by Crippen LogP contribution is 2.27. The van der Waals surface area contributed by atoms with Crippen molar-refractivity contribution in [1.82, 2.24) is 14.5 Å². The lowest BCUT2D eigenvalue weighted by Crippen LogP contribution is -2.02. The number of aromatic nitrogens is 3. The molecule has 0 saturated heterocycles. The van der Waals surface area contributed by atoms with Crippen LogP contribution in [0.5, 0.6) is 0 Å². The normalized spacial score (nSPS) is 11.3. The Morgan fingerprint density at radius 2 is 1.44 bits per heavy atom. The van der Waals surface area contributed by atoms with Gasteiger partial charge in [-0.2, -0.15) is 0 Å². The van der Waals surface area contributed by atoms with Crippen LogP contribution in [0.2, 0.25) is 0 Å². The predicted octanol–water partition coefficient (Wildman–Crippen LogP) is 8.49. The molecule has 0 aliphatic carbocycles. The first-order valence-electron chi connectivity index (χ1n) is 13.3. The van der Waals surface area contributed by atoms with Gasteiger partial charge in [0.2, 0.25) is 0 Å². The Labute approximate surface area is 204 Å². The molecule has 0 bridgehead atoms. The van der Waals surface area contributed by atoms with E-state index in [0.29, 0.717) is 0 Å². The number of rotatable bonds is 17. The van der Waals surface area contributed by atoms with Crippen LogP contribution in [0.15, 0.2) is 42.6 Å². The SMILES string of the molecule is CCCCCCCCCCCCCCCCn1c(-c2ccccn2)nc2ccc([N+](=O)[O-])cc21. The molecule has 184 valence electrons. The molecule has 6 heteroatoms. The standard InChI is InChI=1S/C28H40N4O2/c1-2-3-4-5-6-7-8-9-10-11-12-13-14-17-22-31-27-23-24(32(33)34)19-20-25(27)30-28(31)26-18-15-16-21-29-26/h15-16,18-21,23H,2-14,17,22H2,1H3. The molecule has 34 heavy (non-hydrogen) atoms. The molecule has 0 fully saturated rings. The third-order valence-corrected chi connectivity index (χ3v) is 6.57. The van der Waals surface area contributed by atoms with Crippen LogP contribution >= 0.6 is 0 Å². The van der Waals surface area contributed by atoms with E-state index in [1.807, 2.05) is 18.2 Å². The number of benzene rings is 1. The van der Waals surface area contributed by atoms with Crippen LogP contribution < -0.4 is 0 Å². The summed E-state index contributed by atoms with van der Waals surface area (Å²) >= 11 is 0. The number of imidazole rings is 1. The van der Waals surface area contributed by atoms with Crippen LogP contribution in [0.3, 0.4) is 0 Å². The Kier molecular flexibility index (Phi) is 11.0. The van der Waals surface area contributed by atoms with E-state index in [1.165, 1.54) is 83.1 Å². The molecule has 0 aliphatic heterocycles. The van der Waals surface area contributed by atoms with Crippen molar-refractivity contribution in [2.24, 2.45) is 0 Å². The van der Waals surface area contributed by atoms with Crippen LogP contribution in [-0.2, 0) is 6.54 Å². The topological polar surface area (TPSA) is 73.8 Å². The first kappa shape index (κ1) is 25.9. The molecule has 2 aromatic heterocycles. The zero-order valence-corrected chi connectivity index (χ0v) is 20.8. The molecule has 6 nitrogen and oxygen atoms in total. The highest BCUT2D eigenvalue weighted by atomic mass is 16.6. The second-order valence-electron chi connectivity index (χ2n) is 9.33. The number of pyridine rings is 1. The summed E-state index contributed by atoms with van der Waals surface area (Å²) < 4.78 is 2.10. The summed E-state index contributed by atoms with van der Waals surface area (Å²) in [5.41, 5.74) is 2.48. The number of hydrogen-bond donors (Lipinski definition) is 0. The van der Waals surface area contributed by atoms with Crippen molar-refractivity contribution >= 4 is 16.7 Å². The Bertz CT molecular complexity index is 1000. The monoisotopic (exact) mass is 464 g/mol. The molecule has 0 N–H and O–H groups in total. The highest BCUT2D eigenvalue weighted by Gasteiger charge is 2.16. The van der Waals surface area contributed by atoms with Gasteiger partial charge in [-0.3, -0.25) is 15.1 Å². The third-order valence-electron chi connectivity index (χ3n) is 6.57. The van der Waals surface area contributed by atoms with Gasteiger partial charge < -0.3 is 4.57 Å². The smallest absolute Gasteiger partial charge is 0.271 e. The fourth-order valence-corrected chi connectivity index (χ4v) is 4.61. The van der Waals surface area contributed by atoms with E-state index in [2.05, 4.69) is 16.5 Å². The Morgan fingerprint density at radius 1 is 0.824 bits per heavy atom. The lowest BCUT2D eigenvalue weighted by Gasteiger charge is -2.09. The van der Waals surface area contributed by atoms with Crippen molar-refractivity contribution in [1.29, 1.82) is 0 Å². The van der Waals surface area contributed by atoms with Crippen molar-refractivity contribution in [2.75, 3.05) is 0 Å². The molecular formula is C28H40N4O2. The molecule has 0 amide bonds. The van der Waals surface area contributed by atoms with Gasteiger partial charge in [0.1, 0.15) is 5.69 Å². The van der Waals surface area contributed by atoms with Gasteiger partial charge in [-0.25, -0.2) is 4.98 Å². The summed E-state index contributed by atoms with van der Waals surface area (Å²) in [5.74, 6) is 0.783. The quantitative estimate of drug-likeness (QED) is 0.114. The van der Waals surface area contributed by atoms with Crippen LogP contribution in [0.1, 0.15) is 96.8 Å². The number of non-ortho nitro benzene ring substituents is 1. The number of nitro benzene ring substituents is 1. The first-order chi connectivity index (χ1) is 16.7. The van der Waals surface area contributed by atoms with Gasteiger partial charge in [-0.05, 0) is 24.6 Å². The lowest BCUT2D eigenvalue weighted by atomic mass is 10.0. The molecule has 0 unspecified atom stereocenters. The zero-order valence-electron chi connectivity index (χ0n) is 20.8. The Balaban J connectivity index is 1.43. The number of nitro groups is 1. The summed E-state index contributed by atoms with van der Waals surface area (Å²) in [4.78, 5) is 20.2. The Hall–Kier alpha value is -2.76. The summed E-state index contributed by atoms with van der Waals surface area (Å²) in [6.07, 6.45) is 20.3. The van der Waals surface area contributed by atoms with Crippen molar-refractivity contribution < 1.29 is 4.92 Å². The van der Waals surface area contributed by atoms with E-state index in [9.17, 15) is 10.1 Å². The first-order valence-corrected chi connectivity index (χ1v) is 13.3. The second kappa shape index (κ2) is 14.5. The van der Waals surface area contributed by atoms with Gasteiger partial charge in [-0.15, -0.1) is 0 Å². The maximum Gasteiger partial charge on any atom is 0.271 e. The average Bonchev–Trinajstić information content (AvgIpc) is 3.22. The molecule has 0 aliphatic rings. The van der Waals surface area contributed by atoms with Crippen molar-refractivity contribution in [3.8, 4) is 11.5 Å². The minimum atomic E-state index is -0.344. The molecule has 0 atom stereocenters. The molecule has 0 spiro atoms. The fourth-order valence-electron chi connectivity index (χ4n) is 4.61. The number of nitrogens with zero attached hydrogens (tertiary/aromatic N) is 4. The molecule has 0 radical (unpaired) electrons. The van der Waals surface area contributed by atoms with Crippen LogP contribution in [0, 0.1) is 10.1 Å². The third kappa shape index (κ3) is 7.93. The van der Waals surface area contributed by atoms with Gasteiger partial charge in [0.05, 0.1) is 16.0 Å². The van der Waals surface area contributed by atoms with E-state index >= 15 is 0 Å². The van der Waals surface area contributed by atoms with Crippen molar-refractivity contribution in [3.63, 3.8) is 0 Å². The summed E-state index contributed by atoms with van der Waals surface area (Å²) in [6, 6.07) is 10.7. The number of fused-ring (bicyclic) bond motifs is 1. The van der Waals surface area contributed by atoms with Crippen molar-refractivity contribution in [3.05, 3.63) is 52.7 Å². The van der Waals surface area contributed by atoms with Gasteiger partial charge in [-0.1, -0.05) is 96.5 Å². The van der Waals surface area contributed by atoms with E-state index in [1.54, 1.807) is 18.3 Å². The minimum Gasteiger partial charge on any atom is -0.322 e. The second-order valence-corrected chi connectivity index (χ2v) is 9.33. The summed E-state index contributed by atoms with van der Waals surface area (Å²) in [7, 11) is 0. The van der Waals surface area contributed by atoms with Gasteiger partial charge in [0, 0.05) is 24.9 Å². The van der Waals surface area contributed by atoms with Crippen molar-refractivity contribution in [2.45, 2.75) is 103 Å². The summed E-state index contributed by atoms with van der Waals surface area (Å²) in [5, 5.41) is 11.3. The Morgan fingerprint density at radius 3 is 2.00 bits per heavy atom. The average molecular weight is 465 g/mol. The van der Waals surface area contributed by atoms with E-state index < -0.39 is 0 Å². The predicted molar refractivity (Wildman–Crippen MR) is 140 cm³/mol. The highest BCUT2D eigenvalue weighted by molar-refractivity contribution is 5.82. The fraction of sp³-hybridized carbons (Fsp3) is 0.571. The van der Waals surface area contributed by atoms with Crippen LogP contribution in [0.25, 0.3) is 22.6 Å². The van der Waals surface area contributed by atoms with E-state index in [4.69, 9.17) is 4.98 Å². The van der Waals surface area contributed by atoms with Gasteiger partial charge in [0.25, 0.3) is 5.69 Å². The molecule has 2 heterocycles. The molecular weight excluding hydrogens is 424 g/mol. The van der Waals surface area contributed by atoms with Crippen LogP contribution in [-0.4, -0.2) is 19.5 Å². The van der Waals surface area contributed by atoms with Crippen LogP contribution in [0.4, 0.5) is 5.69 Å². The maximum absolute atomic E-state index is 11.3. The molecule has 3 aromatic rings. The minimum absolute atomic E-state index is 0.0992. The molecule has 1 aromatic carbocycles. The number of hydrogen-bond acceptors (Lipinski definition) is 4. The van der Waals surface area contributed by atoms with Gasteiger partial charge in [0.15, 0.2) is 5.82 Å². The number of aryl methyl sites for hydroxylation is 1. The van der Waals surface area contributed by atoms with Gasteiger partial charge >= 0.3 is 0 Å². The lowest BCUT2D eigenvalue weighted by molar-refractivity contribution is -0.384. The van der Waals surface area contributed by atoms with E-state index in [0.717, 1.165) is 41.9 Å². The molecule has 3 rings (SSSR count).